The highest BCUT2D eigenvalue weighted by molar-refractivity contribution is 9.11. The maximum absolute atomic E-state index is 10.6. The van der Waals surface area contributed by atoms with Crippen molar-refractivity contribution >= 4 is 22.0 Å². The maximum atomic E-state index is 10.6. The average molecular weight is 205 g/mol. The summed E-state index contributed by atoms with van der Waals surface area (Å²) in [5.74, 6) is 0. The van der Waals surface area contributed by atoms with E-state index in [4.69, 9.17) is 5.73 Å². The molecule has 0 bridgehead atoms. The largest absolute Gasteiger partial charge is 0.351 e. The molecule has 0 unspecified atom stereocenters. The number of primary amides is 1. The Bertz CT molecular complexity index is 179. The molecule has 0 atom stereocenters. The maximum Gasteiger partial charge on any atom is 0.315 e. The van der Waals surface area contributed by atoms with E-state index < -0.39 is 0 Å². The minimum Gasteiger partial charge on any atom is -0.351 e. The molecule has 1 aliphatic heterocycles. The van der Waals surface area contributed by atoms with E-state index in [1.165, 1.54) is 0 Å². The van der Waals surface area contributed by atoms with Crippen LogP contribution < -0.4 is 5.73 Å². The summed E-state index contributed by atoms with van der Waals surface area (Å²) in [6.07, 6.45) is 2.95. The minimum absolute atomic E-state index is 0.343. The van der Waals surface area contributed by atoms with Crippen LogP contribution in [0, 0.1) is 0 Å². The highest BCUT2D eigenvalue weighted by Crippen LogP contribution is 2.13. The van der Waals surface area contributed by atoms with E-state index in [9.17, 15) is 4.79 Å². The number of nitrogens with zero attached hydrogens (tertiary/aromatic N) is 1. The van der Waals surface area contributed by atoms with E-state index in [0.717, 1.165) is 17.4 Å². The van der Waals surface area contributed by atoms with Crippen molar-refractivity contribution in [2.24, 2.45) is 5.73 Å². The SMILES string of the molecule is NC(=O)N1CCC=C(Br)C1. The number of hydrogen-bond donors (Lipinski definition) is 1. The summed E-state index contributed by atoms with van der Waals surface area (Å²) in [7, 11) is 0. The Hall–Kier alpha value is -0.510. The van der Waals surface area contributed by atoms with E-state index in [1.54, 1.807) is 4.90 Å². The Balaban J connectivity index is 2.53. The van der Waals surface area contributed by atoms with Gasteiger partial charge in [-0.2, -0.15) is 0 Å². The fourth-order valence-electron chi connectivity index (χ4n) is 0.891. The van der Waals surface area contributed by atoms with Gasteiger partial charge in [0, 0.05) is 11.0 Å². The summed E-state index contributed by atoms with van der Waals surface area (Å²) in [5.41, 5.74) is 5.07. The quantitative estimate of drug-likeness (QED) is 0.631. The lowest BCUT2D eigenvalue weighted by molar-refractivity contribution is 0.212. The molecule has 0 saturated heterocycles. The van der Waals surface area contributed by atoms with Gasteiger partial charge in [-0.1, -0.05) is 22.0 Å². The molecule has 0 aromatic rings. The van der Waals surface area contributed by atoms with Crippen LogP contribution in [0.3, 0.4) is 0 Å². The second-order valence-corrected chi connectivity index (χ2v) is 3.22. The molecule has 2 N–H and O–H groups in total. The lowest BCUT2D eigenvalue weighted by Crippen LogP contribution is -2.38. The van der Waals surface area contributed by atoms with Gasteiger partial charge in [0.05, 0.1) is 6.54 Å². The fraction of sp³-hybridized carbons (Fsp3) is 0.500. The summed E-state index contributed by atoms with van der Waals surface area (Å²) in [6.45, 7) is 1.36. The molecule has 0 fully saturated rings. The van der Waals surface area contributed by atoms with E-state index in [1.807, 2.05) is 0 Å². The van der Waals surface area contributed by atoms with Gasteiger partial charge in [-0.05, 0) is 6.42 Å². The van der Waals surface area contributed by atoms with Crippen LogP contribution in [0.1, 0.15) is 6.42 Å². The number of rotatable bonds is 0. The van der Waals surface area contributed by atoms with Gasteiger partial charge in [0.15, 0.2) is 0 Å². The summed E-state index contributed by atoms with van der Waals surface area (Å²) in [6, 6.07) is -0.343. The van der Waals surface area contributed by atoms with Crippen LogP contribution in [0.5, 0.6) is 0 Å². The van der Waals surface area contributed by atoms with Crippen LogP contribution in [-0.4, -0.2) is 24.0 Å². The normalized spacial score (nSPS) is 18.5. The highest BCUT2D eigenvalue weighted by Gasteiger charge is 2.12. The molecule has 0 aliphatic carbocycles. The number of carbonyl (C=O) groups excluding carboxylic acids is 1. The lowest BCUT2D eigenvalue weighted by atomic mass is 10.3. The monoisotopic (exact) mass is 204 g/mol. The number of halogens is 1. The third-order valence-electron chi connectivity index (χ3n) is 1.42. The molecule has 0 aromatic carbocycles. The highest BCUT2D eigenvalue weighted by atomic mass is 79.9. The smallest absolute Gasteiger partial charge is 0.315 e. The summed E-state index contributed by atoms with van der Waals surface area (Å²) in [5, 5.41) is 0. The van der Waals surface area contributed by atoms with Crippen molar-refractivity contribution in [1.82, 2.24) is 4.90 Å². The van der Waals surface area contributed by atoms with Gasteiger partial charge >= 0.3 is 6.03 Å². The second kappa shape index (κ2) is 3.05. The van der Waals surface area contributed by atoms with Crippen LogP contribution in [0.15, 0.2) is 10.6 Å². The van der Waals surface area contributed by atoms with Crippen molar-refractivity contribution in [1.29, 1.82) is 0 Å². The van der Waals surface area contributed by atoms with E-state index >= 15 is 0 Å². The van der Waals surface area contributed by atoms with Crippen LogP contribution in [-0.2, 0) is 0 Å². The topological polar surface area (TPSA) is 46.3 Å². The first kappa shape index (κ1) is 7.60. The summed E-state index contributed by atoms with van der Waals surface area (Å²) < 4.78 is 1.04. The van der Waals surface area contributed by atoms with Gasteiger partial charge in [-0.3, -0.25) is 0 Å². The first-order valence-electron chi connectivity index (χ1n) is 3.09. The van der Waals surface area contributed by atoms with Gasteiger partial charge in [0.2, 0.25) is 0 Å². The molecule has 1 heterocycles. The Morgan fingerprint density at radius 3 is 2.90 bits per heavy atom. The van der Waals surface area contributed by atoms with Gasteiger partial charge in [-0.25, -0.2) is 4.79 Å². The third kappa shape index (κ3) is 1.73. The molecule has 10 heavy (non-hydrogen) atoms. The molecule has 1 aliphatic rings. The van der Waals surface area contributed by atoms with Crippen molar-refractivity contribution < 1.29 is 4.79 Å². The van der Waals surface area contributed by atoms with Crippen molar-refractivity contribution in [2.75, 3.05) is 13.1 Å². The predicted molar refractivity (Wildman–Crippen MR) is 42.8 cm³/mol. The standard InChI is InChI=1S/C6H9BrN2O/c7-5-2-1-3-9(4-5)6(8)10/h2H,1,3-4H2,(H2,8,10). The fourth-order valence-corrected chi connectivity index (χ4v) is 1.42. The van der Waals surface area contributed by atoms with Crippen molar-refractivity contribution in [3.63, 3.8) is 0 Å². The summed E-state index contributed by atoms with van der Waals surface area (Å²) >= 11 is 3.31. The minimum atomic E-state index is -0.343. The predicted octanol–water partition coefficient (Wildman–Crippen LogP) is 1.05. The molecule has 56 valence electrons. The first-order valence-corrected chi connectivity index (χ1v) is 3.88. The Morgan fingerprint density at radius 2 is 2.50 bits per heavy atom. The van der Waals surface area contributed by atoms with Crippen LogP contribution in [0.2, 0.25) is 0 Å². The van der Waals surface area contributed by atoms with E-state index in [2.05, 4.69) is 22.0 Å². The molecule has 1 rings (SSSR count). The molecule has 2 amide bonds. The summed E-state index contributed by atoms with van der Waals surface area (Å²) in [4.78, 5) is 12.2. The van der Waals surface area contributed by atoms with E-state index in [-0.39, 0.29) is 6.03 Å². The van der Waals surface area contributed by atoms with Crippen LogP contribution in [0.25, 0.3) is 0 Å². The zero-order valence-electron chi connectivity index (χ0n) is 5.51. The van der Waals surface area contributed by atoms with E-state index in [0.29, 0.717) is 6.54 Å². The van der Waals surface area contributed by atoms with Crippen LogP contribution >= 0.6 is 15.9 Å². The molecule has 0 radical (unpaired) electrons. The molecule has 0 aromatic heterocycles. The number of urea groups is 1. The van der Waals surface area contributed by atoms with Gasteiger partial charge in [0.1, 0.15) is 0 Å². The molecular weight excluding hydrogens is 196 g/mol. The zero-order chi connectivity index (χ0) is 7.56. The van der Waals surface area contributed by atoms with Crippen molar-refractivity contribution in [2.45, 2.75) is 6.42 Å². The van der Waals surface area contributed by atoms with Gasteiger partial charge < -0.3 is 10.6 Å². The number of nitrogens with two attached hydrogens (primary N) is 1. The molecule has 0 saturated carbocycles. The molecule has 0 spiro atoms. The molecular formula is C6H9BrN2O. The Labute approximate surface area is 68.0 Å². The van der Waals surface area contributed by atoms with Crippen molar-refractivity contribution in [3.05, 3.63) is 10.6 Å². The second-order valence-electron chi connectivity index (χ2n) is 2.20. The number of hydrogen-bond acceptors (Lipinski definition) is 1. The molecule has 4 heteroatoms. The number of amides is 2. The third-order valence-corrected chi connectivity index (χ3v) is 1.99. The lowest BCUT2D eigenvalue weighted by Gasteiger charge is -2.22. The Kier molecular flexibility index (Phi) is 2.32. The molecule has 3 nitrogen and oxygen atoms in total. The zero-order valence-corrected chi connectivity index (χ0v) is 7.10. The van der Waals surface area contributed by atoms with Crippen LogP contribution in [0.4, 0.5) is 4.79 Å². The van der Waals surface area contributed by atoms with Crippen molar-refractivity contribution in [3.8, 4) is 0 Å². The first-order chi connectivity index (χ1) is 4.70. The van der Waals surface area contributed by atoms with Gasteiger partial charge in [0.25, 0.3) is 0 Å². The average Bonchev–Trinajstić information content (AvgIpc) is 1.88. The Morgan fingerprint density at radius 1 is 1.80 bits per heavy atom. The van der Waals surface area contributed by atoms with Gasteiger partial charge in [-0.15, -0.1) is 0 Å². The number of carbonyl (C=O) groups is 1.